The molecule has 96 valence electrons. The summed E-state index contributed by atoms with van der Waals surface area (Å²) in [5, 5.41) is 3.30. The van der Waals surface area contributed by atoms with Crippen LogP contribution in [0.1, 0.15) is 64.1 Å². The predicted molar refractivity (Wildman–Crippen MR) is 74.3 cm³/mol. The van der Waals surface area contributed by atoms with Crippen LogP contribution in [-0.4, -0.2) is 4.98 Å². The zero-order valence-electron chi connectivity index (χ0n) is 11.4. The third-order valence-corrected chi connectivity index (χ3v) is 5.03. The molecule has 1 aromatic rings. The number of thiazole rings is 1. The van der Waals surface area contributed by atoms with Gasteiger partial charge in [0.2, 0.25) is 0 Å². The Labute approximate surface area is 109 Å². The van der Waals surface area contributed by atoms with Crippen molar-refractivity contribution in [2.24, 2.45) is 11.7 Å². The van der Waals surface area contributed by atoms with Crippen LogP contribution in [0.15, 0.2) is 5.38 Å². The molecular formula is C14H24N2S. The van der Waals surface area contributed by atoms with Gasteiger partial charge in [-0.3, -0.25) is 0 Å². The highest BCUT2D eigenvalue weighted by Gasteiger charge is 2.36. The number of nitrogens with two attached hydrogens (primary N) is 1. The Morgan fingerprint density at radius 3 is 2.29 bits per heavy atom. The van der Waals surface area contributed by atoms with Crippen LogP contribution >= 0.6 is 11.3 Å². The number of rotatable bonds is 2. The van der Waals surface area contributed by atoms with Gasteiger partial charge in [-0.15, -0.1) is 11.3 Å². The van der Waals surface area contributed by atoms with Crippen LogP contribution in [0.3, 0.4) is 0 Å². The summed E-state index contributed by atoms with van der Waals surface area (Å²) in [7, 11) is 0. The molecule has 0 aromatic carbocycles. The first-order valence-corrected chi connectivity index (χ1v) is 7.45. The Bertz CT molecular complexity index is 381. The van der Waals surface area contributed by atoms with Crippen molar-refractivity contribution >= 4 is 11.3 Å². The van der Waals surface area contributed by atoms with E-state index in [-0.39, 0.29) is 11.0 Å². The summed E-state index contributed by atoms with van der Waals surface area (Å²) in [6.45, 7) is 8.77. The SMILES string of the molecule is CC(C)(C)c1csc(C(C)(N)C2CCCC2)n1. The zero-order valence-corrected chi connectivity index (χ0v) is 12.2. The van der Waals surface area contributed by atoms with E-state index >= 15 is 0 Å². The minimum Gasteiger partial charge on any atom is -0.319 e. The summed E-state index contributed by atoms with van der Waals surface area (Å²) in [6, 6.07) is 0. The molecule has 1 aliphatic carbocycles. The number of hydrogen-bond donors (Lipinski definition) is 1. The second kappa shape index (κ2) is 4.36. The van der Waals surface area contributed by atoms with Gasteiger partial charge in [0.05, 0.1) is 11.2 Å². The fourth-order valence-corrected chi connectivity index (χ4v) is 3.77. The molecule has 2 N–H and O–H groups in total. The van der Waals surface area contributed by atoms with E-state index in [0.29, 0.717) is 5.92 Å². The Hall–Kier alpha value is -0.410. The second-order valence-corrected chi connectivity index (χ2v) is 7.41. The van der Waals surface area contributed by atoms with Crippen LogP contribution in [-0.2, 0) is 11.0 Å². The Morgan fingerprint density at radius 1 is 1.24 bits per heavy atom. The Morgan fingerprint density at radius 2 is 1.82 bits per heavy atom. The predicted octanol–water partition coefficient (Wildman–Crippen LogP) is 3.80. The molecule has 0 amide bonds. The molecule has 1 saturated carbocycles. The van der Waals surface area contributed by atoms with Crippen LogP contribution in [0, 0.1) is 5.92 Å². The van der Waals surface area contributed by atoms with E-state index in [1.165, 1.54) is 31.4 Å². The van der Waals surface area contributed by atoms with Gasteiger partial charge in [-0.05, 0) is 25.7 Å². The van der Waals surface area contributed by atoms with Gasteiger partial charge in [0.1, 0.15) is 5.01 Å². The normalized spacial score (nSPS) is 21.7. The average molecular weight is 252 g/mol. The molecule has 1 aliphatic rings. The highest BCUT2D eigenvalue weighted by atomic mass is 32.1. The fourth-order valence-electron chi connectivity index (χ4n) is 2.57. The maximum Gasteiger partial charge on any atom is 0.113 e. The minimum atomic E-state index is -0.231. The second-order valence-electron chi connectivity index (χ2n) is 6.55. The number of hydrogen-bond acceptors (Lipinski definition) is 3. The van der Waals surface area contributed by atoms with Gasteiger partial charge in [0.15, 0.2) is 0 Å². The quantitative estimate of drug-likeness (QED) is 0.869. The first-order valence-electron chi connectivity index (χ1n) is 6.57. The minimum absolute atomic E-state index is 0.126. The van der Waals surface area contributed by atoms with Crippen LogP contribution in [0.4, 0.5) is 0 Å². The van der Waals surface area contributed by atoms with Crippen molar-refractivity contribution in [2.75, 3.05) is 0 Å². The molecular weight excluding hydrogens is 228 g/mol. The molecule has 1 fully saturated rings. The highest BCUT2D eigenvalue weighted by molar-refractivity contribution is 7.09. The van der Waals surface area contributed by atoms with Crippen molar-refractivity contribution < 1.29 is 0 Å². The van der Waals surface area contributed by atoms with Gasteiger partial charge in [-0.2, -0.15) is 0 Å². The fraction of sp³-hybridized carbons (Fsp3) is 0.786. The monoisotopic (exact) mass is 252 g/mol. The lowest BCUT2D eigenvalue weighted by Crippen LogP contribution is -2.40. The van der Waals surface area contributed by atoms with E-state index in [9.17, 15) is 0 Å². The van der Waals surface area contributed by atoms with Crippen LogP contribution in [0.25, 0.3) is 0 Å². The summed E-state index contributed by atoms with van der Waals surface area (Å²) in [5.41, 5.74) is 7.62. The molecule has 1 unspecified atom stereocenters. The molecule has 2 nitrogen and oxygen atoms in total. The van der Waals surface area contributed by atoms with E-state index in [1.807, 2.05) is 0 Å². The molecule has 3 heteroatoms. The summed E-state index contributed by atoms with van der Waals surface area (Å²) < 4.78 is 0. The zero-order chi connectivity index (χ0) is 12.7. The standard InChI is InChI=1S/C14H24N2S/c1-13(2,3)11-9-17-12(16-11)14(4,15)10-7-5-6-8-10/h9-10H,5-8,15H2,1-4H3. The first-order chi connectivity index (χ1) is 7.82. The van der Waals surface area contributed by atoms with Crippen molar-refractivity contribution in [3.63, 3.8) is 0 Å². The Kier molecular flexibility index (Phi) is 3.34. The van der Waals surface area contributed by atoms with E-state index in [1.54, 1.807) is 11.3 Å². The molecule has 17 heavy (non-hydrogen) atoms. The van der Waals surface area contributed by atoms with Gasteiger partial charge < -0.3 is 5.73 Å². The molecule has 0 aliphatic heterocycles. The lowest BCUT2D eigenvalue weighted by Gasteiger charge is -2.29. The topological polar surface area (TPSA) is 38.9 Å². The maximum absolute atomic E-state index is 6.55. The number of nitrogens with zero attached hydrogens (tertiary/aromatic N) is 1. The molecule has 0 bridgehead atoms. The van der Waals surface area contributed by atoms with Gasteiger partial charge in [-0.1, -0.05) is 33.6 Å². The smallest absolute Gasteiger partial charge is 0.113 e. The van der Waals surface area contributed by atoms with Crippen LogP contribution < -0.4 is 5.73 Å². The van der Waals surface area contributed by atoms with Gasteiger partial charge in [-0.25, -0.2) is 4.98 Å². The third-order valence-electron chi connectivity index (χ3n) is 3.94. The van der Waals surface area contributed by atoms with Crippen molar-refractivity contribution in [1.82, 2.24) is 4.98 Å². The van der Waals surface area contributed by atoms with Gasteiger partial charge in [0.25, 0.3) is 0 Å². The van der Waals surface area contributed by atoms with Crippen molar-refractivity contribution in [2.45, 2.75) is 64.3 Å². The third kappa shape index (κ3) is 2.55. The molecule has 0 saturated heterocycles. The van der Waals surface area contributed by atoms with Crippen molar-refractivity contribution in [3.05, 3.63) is 16.1 Å². The molecule has 2 rings (SSSR count). The van der Waals surface area contributed by atoms with E-state index in [4.69, 9.17) is 10.7 Å². The van der Waals surface area contributed by atoms with Crippen LogP contribution in [0.5, 0.6) is 0 Å². The molecule has 1 atom stereocenters. The molecule has 0 spiro atoms. The Balaban J connectivity index is 2.24. The first kappa shape index (κ1) is 13.0. The lowest BCUT2D eigenvalue weighted by atomic mass is 9.85. The summed E-state index contributed by atoms with van der Waals surface area (Å²) in [5.74, 6) is 0.612. The number of aromatic nitrogens is 1. The molecule has 1 heterocycles. The van der Waals surface area contributed by atoms with Crippen molar-refractivity contribution in [1.29, 1.82) is 0 Å². The van der Waals surface area contributed by atoms with E-state index in [0.717, 1.165) is 5.01 Å². The molecule has 0 radical (unpaired) electrons. The maximum atomic E-state index is 6.55. The summed E-state index contributed by atoms with van der Waals surface area (Å²) in [6.07, 6.45) is 5.18. The van der Waals surface area contributed by atoms with Gasteiger partial charge >= 0.3 is 0 Å². The van der Waals surface area contributed by atoms with E-state index < -0.39 is 0 Å². The summed E-state index contributed by atoms with van der Waals surface area (Å²) in [4.78, 5) is 4.79. The molecule has 1 aromatic heterocycles. The van der Waals surface area contributed by atoms with E-state index in [2.05, 4.69) is 33.1 Å². The van der Waals surface area contributed by atoms with Crippen molar-refractivity contribution in [3.8, 4) is 0 Å². The average Bonchev–Trinajstić information content (AvgIpc) is 2.89. The summed E-state index contributed by atoms with van der Waals surface area (Å²) >= 11 is 1.73. The largest absolute Gasteiger partial charge is 0.319 e. The lowest BCUT2D eigenvalue weighted by molar-refractivity contribution is 0.304. The van der Waals surface area contributed by atoms with Crippen LogP contribution in [0.2, 0.25) is 0 Å². The van der Waals surface area contributed by atoms with Gasteiger partial charge in [0, 0.05) is 10.8 Å². The highest BCUT2D eigenvalue weighted by Crippen LogP contribution is 2.40.